The van der Waals surface area contributed by atoms with Gasteiger partial charge in [-0.25, -0.2) is 0 Å². The summed E-state index contributed by atoms with van der Waals surface area (Å²) in [6.45, 7) is 28.8. The summed E-state index contributed by atoms with van der Waals surface area (Å²) < 4.78 is 0. The zero-order chi connectivity index (χ0) is 101. The number of nitrogens with zero attached hydrogens (tertiary/aromatic N) is 2. The minimum Gasteiger partial charge on any atom is -0.310 e. The molecule has 4 bridgehead atoms. The van der Waals surface area contributed by atoms with Crippen molar-refractivity contribution in [1.82, 2.24) is 0 Å². The molecule has 5 atom stereocenters. The van der Waals surface area contributed by atoms with Gasteiger partial charge in [0.2, 0.25) is 0 Å². The van der Waals surface area contributed by atoms with Gasteiger partial charge in [0.15, 0.2) is 0 Å². The van der Waals surface area contributed by atoms with Gasteiger partial charge in [-0.3, -0.25) is 0 Å². The lowest BCUT2D eigenvalue weighted by molar-refractivity contribution is 0.307. The van der Waals surface area contributed by atoms with Crippen molar-refractivity contribution in [2.24, 2.45) is 23.7 Å². The van der Waals surface area contributed by atoms with E-state index in [0.717, 1.165) is 87.3 Å². The molecule has 0 N–H and O–H groups in total. The van der Waals surface area contributed by atoms with E-state index < -0.39 is 0 Å². The molecule has 0 aromatic heterocycles. The average molecular weight is 1920 g/mol. The molecular formula is C147H124N2. The molecule has 22 aromatic rings. The number of hydrogen-bond donors (Lipinski definition) is 0. The van der Waals surface area contributed by atoms with Gasteiger partial charge < -0.3 is 9.80 Å². The molecule has 0 saturated heterocycles. The molecule has 0 radical (unpaired) electrons. The number of rotatable bonds is 18. The molecule has 4 saturated carbocycles. The Morgan fingerprint density at radius 1 is 0.228 bits per heavy atom. The Bertz CT molecular complexity index is 9160. The zero-order valence-corrected chi connectivity index (χ0v) is 87.5. The second-order valence-corrected chi connectivity index (χ2v) is 47.6. The Balaban J connectivity index is 0.542. The van der Waals surface area contributed by atoms with E-state index in [1.54, 1.807) is 11.1 Å². The fraction of sp³-hybridized carbons (Fsp3) is 0.184. The van der Waals surface area contributed by atoms with Gasteiger partial charge in [0.05, 0.1) is 11.4 Å². The topological polar surface area (TPSA) is 6.48 Å². The largest absolute Gasteiger partial charge is 0.310 e. The summed E-state index contributed by atoms with van der Waals surface area (Å²) in [4.78, 5) is 5.07. The lowest BCUT2D eigenvalue weighted by atomic mass is 9.66. The normalized spacial score (nSPS) is 17.4. The molecule has 6 aliphatic rings. The van der Waals surface area contributed by atoms with E-state index in [1.807, 2.05) is 0 Å². The van der Waals surface area contributed by atoms with E-state index in [0.29, 0.717) is 0 Å². The first-order valence-electron chi connectivity index (χ1n) is 54.2. The molecule has 5 unspecified atom stereocenters. The lowest BCUT2D eigenvalue weighted by Gasteiger charge is -2.36. The lowest BCUT2D eigenvalue weighted by Crippen LogP contribution is -2.34. The second-order valence-electron chi connectivity index (χ2n) is 47.6. The second kappa shape index (κ2) is 34.8. The van der Waals surface area contributed by atoms with Gasteiger partial charge in [-0.1, -0.05) is 465 Å². The van der Waals surface area contributed by atoms with Crippen LogP contribution in [0.3, 0.4) is 0 Å². The average Bonchev–Trinajstić information content (AvgIpc) is 1.48. The maximum atomic E-state index is 2.63. The number of benzene rings is 22. The smallest absolute Gasteiger partial charge is 0.0540 e. The van der Waals surface area contributed by atoms with Crippen molar-refractivity contribution in [3.63, 3.8) is 0 Å². The van der Waals surface area contributed by atoms with Crippen molar-refractivity contribution in [3.05, 3.63) is 493 Å². The molecule has 0 amide bonds. The van der Waals surface area contributed by atoms with E-state index in [1.165, 1.54) is 212 Å². The molecule has 22 aromatic carbocycles. The molecule has 149 heavy (non-hydrogen) atoms. The van der Waals surface area contributed by atoms with Gasteiger partial charge in [-0.2, -0.15) is 0 Å². The number of para-hydroxylation sites is 2. The van der Waals surface area contributed by atoms with Crippen LogP contribution in [0.25, 0.3) is 176 Å². The van der Waals surface area contributed by atoms with Gasteiger partial charge in [-0.15, -0.1) is 0 Å². The van der Waals surface area contributed by atoms with E-state index in [2.05, 4.69) is 542 Å². The van der Waals surface area contributed by atoms with Crippen LogP contribution in [0.2, 0.25) is 0 Å². The van der Waals surface area contributed by atoms with Crippen molar-refractivity contribution in [1.29, 1.82) is 0 Å². The molecule has 4 fully saturated rings. The first kappa shape index (κ1) is 91.7. The van der Waals surface area contributed by atoms with Crippen molar-refractivity contribution in [2.75, 3.05) is 9.80 Å². The Morgan fingerprint density at radius 2 is 0.611 bits per heavy atom. The summed E-state index contributed by atoms with van der Waals surface area (Å²) in [5.74, 6) is 3.14. The van der Waals surface area contributed by atoms with Crippen LogP contribution in [0.1, 0.15) is 160 Å². The van der Waals surface area contributed by atoms with Crippen LogP contribution < -0.4 is 9.80 Å². The third-order valence-corrected chi connectivity index (χ3v) is 35.7. The van der Waals surface area contributed by atoms with Crippen molar-refractivity contribution in [2.45, 2.75) is 148 Å². The molecular weight excluding hydrogens is 1790 g/mol. The van der Waals surface area contributed by atoms with Gasteiger partial charge >= 0.3 is 0 Å². The predicted octanol–water partition coefficient (Wildman–Crippen LogP) is 40.8. The molecule has 6 aliphatic carbocycles. The third kappa shape index (κ3) is 15.0. The van der Waals surface area contributed by atoms with Crippen molar-refractivity contribution in [3.8, 4) is 111 Å². The van der Waals surface area contributed by atoms with Gasteiger partial charge in [0, 0.05) is 44.7 Å². The van der Waals surface area contributed by atoms with Crippen LogP contribution in [-0.2, 0) is 32.5 Å². The van der Waals surface area contributed by atoms with Crippen LogP contribution in [0.4, 0.5) is 34.1 Å². The van der Waals surface area contributed by atoms with E-state index >= 15 is 0 Å². The molecule has 0 aliphatic heterocycles. The molecule has 1 spiro atoms. The first-order valence-corrected chi connectivity index (χ1v) is 54.2. The number of fused-ring (bicyclic) bond motifs is 14. The van der Waals surface area contributed by atoms with E-state index in [9.17, 15) is 0 Å². The third-order valence-electron chi connectivity index (χ3n) is 35.7. The van der Waals surface area contributed by atoms with Crippen LogP contribution in [0.15, 0.2) is 449 Å². The molecule has 722 valence electrons. The summed E-state index contributed by atoms with van der Waals surface area (Å²) in [6, 6.07) is 173. The Morgan fingerprint density at radius 3 is 1.13 bits per heavy atom. The van der Waals surface area contributed by atoms with E-state index in [4.69, 9.17) is 0 Å². The summed E-state index contributed by atoms with van der Waals surface area (Å²) in [5.41, 5.74) is 42.0. The fourth-order valence-electron chi connectivity index (χ4n) is 28.2. The maximum Gasteiger partial charge on any atom is 0.0540 e. The molecule has 2 nitrogen and oxygen atoms in total. The highest BCUT2D eigenvalue weighted by atomic mass is 15.2. The molecule has 2 heteroatoms. The maximum absolute atomic E-state index is 2.63. The summed E-state index contributed by atoms with van der Waals surface area (Å²) in [6.07, 6.45) is 6.06. The minimum absolute atomic E-state index is 0.0568. The standard InChI is InChI=1S/C147H124N2/c1-142(2,3)105-81-101(82-106(90-105)143(4,5)6)118-52-27-36-96-38-29-57-128(139(96)118)126-47-20-24-63-138(126)149(112-43-26-41-100(86-112)116-51-32-56-121-114-45-16-14-35-94(114)69-76-123(116)121)110-73-66-95(67-74-110)117-54-33-61-133-141(117)130-49-18-21-59-131(130)146(133,12)79-78-145(10,11)108-84-102(83-107(91-108)144(7,8)9)119-53-28-37-97-39-30-58-129(140(97)119)127-48-19-23-62-137(127)148(111-42-25-40-99(85-111)115-50-31-55-120-113-44-15-13-34-93(113)68-75-122(115)120)109-71-64-92(65-72-109)98-70-77-125-124-46-17-22-60-132(124)147(136(125)87-98)134-88-103-80-104(134)89-135(103)147/h13-77,81-87,90-91,103-104,134-135H,78-80,88-89H2,1-12H3. The van der Waals surface area contributed by atoms with Crippen LogP contribution >= 0.6 is 0 Å². The highest BCUT2D eigenvalue weighted by Crippen LogP contribution is 2.77. The number of hydrogen-bond acceptors (Lipinski definition) is 2. The first-order chi connectivity index (χ1) is 72.4. The van der Waals surface area contributed by atoms with Crippen LogP contribution in [0.5, 0.6) is 0 Å². The monoisotopic (exact) mass is 1920 g/mol. The van der Waals surface area contributed by atoms with Gasteiger partial charge in [0.1, 0.15) is 0 Å². The number of anilines is 6. The van der Waals surface area contributed by atoms with Crippen LogP contribution in [0, 0.1) is 23.7 Å². The SMILES string of the molecule is CC(C)(C)c1cc(-c2cccc3cccc(-c4ccccc4N(c4ccc(-c5cccc6c5-c5ccccc5C6(C)CCC(C)(C)c5cc(-c6cccc7cccc(-c8ccccc8N(c8ccc(-c9ccc%10c(c9)C9(c%11ccccc%11-%10)C%10CC%11CC%10CC%119)cc8)c8cccc(-c9cccc%10c9ccc9ccccc9%10)c8)c67)cc(C(C)(C)C)c5)cc4)c4cccc(-c5cccc6c5ccc5ccccc56)c4)c23)cc(C(C)(C)C)c1. The van der Waals surface area contributed by atoms with Gasteiger partial charge in [-0.05, 0) is 353 Å². The van der Waals surface area contributed by atoms with Crippen molar-refractivity contribution >= 4 is 98.8 Å². The molecule has 0 heterocycles. The summed E-state index contributed by atoms with van der Waals surface area (Å²) in [7, 11) is 0. The van der Waals surface area contributed by atoms with Gasteiger partial charge in [0.25, 0.3) is 0 Å². The Kier molecular flexibility index (Phi) is 21.4. The quantitative estimate of drug-likeness (QED) is 0.0790. The summed E-state index contributed by atoms with van der Waals surface area (Å²) in [5, 5.41) is 14.9. The Hall–Kier alpha value is -16.0. The highest BCUT2D eigenvalue weighted by Gasteiger charge is 2.71. The molecule has 28 rings (SSSR count). The highest BCUT2D eigenvalue weighted by molar-refractivity contribution is 6.16. The zero-order valence-electron chi connectivity index (χ0n) is 87.5. The van der Waals surface area contributed by atoms with E-state index in [-0.39, 0.29) is 32.5 Å². The summed E-state index contributed by atoms with van der Waals surface area (Å²) >= 11 is 0. The predicted molar refractivity (Wildman–Crippen MR) is 635 cm³/mol. The van der Waals surface area contributed by atoms with Crippen molar-refractivity contribution < 1.29 is 0 Å². The minimum atomic E-state index is -0.313. The van der Waals surface area contributed by atoms with Crippen LogP contribution in [-0.4, -0.2) is 0 Å². The fourth-order valence-corrected chi connectivity index (χ4v) is 28.2. The Labute approximate surface area is 878 Å².